The van der Waals surface area contributed by atoms with Crippen LogP contribution in [0, 0.1) is 0 Å². The van der Waals surface area contributed by atoms with E-state index in [4.69, 9.17) is 4.74 Å². The Bertz CT molecular complexity index is 819. The van der Waals surface area contributed by atoms with Gasteiger partial charge in [0.25, 0.3) is 5.91 Å². The molecule has 1 aliphatic rings. The molecule has 1 saturated heterocycles. The van der Waals surface area contributed by atoms with Crippen LogP contribution < -0.4 is 10.1 Å². The van der Waals surface area contributed by atoms with E-state index in [9.17, 15) is 9.59 Å². The summed E-state index contributed by atoms with van der Waals surface area (Å²) in [5.41, 5.74) is -0.373. The molecule has 0 unspecified atom stereocenters. The Balaban J connectivity index is 1.86. The molecule has 0 spiro atoms. The van der Waals surface area contributed by atoms with Crippen LogP contribution in [0.1, 0.15) is 44.5 Å². The molecule has 1 aromatic heterocycles. The molecule has 1 fully saturated rings. The molecule has 2 heterocycles. The second kappa shape index (κ2) is 7.73. The maximum atomic E-state index is 13.2. The van der Waals surface area contributed by atoms with Gasteiger partial charge in [-0.2, -0.15) is 0 Å². The first-order chi connectivity index (χ1) is 13.1. The molecule has 9 nitrogen and oxygen atoms in total. The summed E-state index contributed by atoms with van der Waals surface area (Å²) in [6.45, 7) is 4.64. The van der Waals surface area contributed by atoms with Crippen molar-refractivity contribution in [3.05, 3.63) is 35.7 Å². The zero-order valence-electron chi connectivity index (χ0n) is 15.8. The molecule has 2 aromatic rings. The van der Waals surface area contributed by atoms with Crippen molar-refractivity contribution < 1.29 is 14.3 Å². The number of methoxy groups -OCH3 is 1. The second-order valence-corrected chi connectivity index (χ2v) is 6.48. The van der Waals surface area contributed by atoms with E-state index < -0.39 is 11.6 Å². The lowest BCUT2D eigenvalue weighted by Gasteiger charge is -2.26. The van der Waals surface area contributed by atoms with Gasteiger partial charge in [0.2, 0.25) is 0 Å². The van der Waals surface area contributed by atoms with Crippen LogP contribution in [0.5, 0.6) is 5.75 Å². The van der Waals surface area contributed by atoms with Gasteiger partial charge in [-0.3, -0.25) is 9.69 Å². The first-order valence-corrected chi connectivity index (χ1v) is 9.09. The maximum Gasteiger partial charge on any atom is 0.325 e. The number of aryl methyl sites for hydroxylation is 1. The van der Waals surface area contributed by atoms with Crippen molar-refractivity contribution in [3.63, 3.8) is 0 Å². The lowest BCUT2D eigenvalue weighted by Crippen LogP contribution is -2.43. The summed E-state index contributed by atoms with van der Waals surface area (Å²) in [5.74, 6) is 0.882. The second-order valence-electron chi connectivity index (χ2n) is 6.48. The Morgan fingerprint density at radius 3 is 2.56 bits per heavy atom. The predicted molar refractivity (Wildman–Crippen MR) is 96.8 cm³/mol. The first kappa shape index (κ1) is 18.8. The van der Waals surface area contributed by atoms with Crippen LogP contribution in [0.2, 0.25) is 0 Å². The van der Waals surface area contributed by atoms with Crippen LogP contribution in [0.15, 0.2) is 24.3 Å². The quantitative estimate of drug-likeness (QED) is 0.710. The van der Waals surface area contributed by atoms with Crippen molar-refractivity contribution in [2.75, 3.05) is 7.11 Å². The van der Waals surface area contributed by atoms with Crippen LogP contribution in [0.25, 0.3) is 0 Å². The maximum absolute atomic E-state index is 13.2. The average molecular weight is 372 g/mol. The molecular formula is C18H24N6O3. The van der Waals surface area contributed by atoms with Gasteiger partial charge in [-0.05, 0) is 41.0 Å². The van der Waals surface area contributed by atoms with Crippen molar-refractivity contribution in [2.45, 2.75) is 51.7 Å². The van der Waals surface area contributed by atoms with E-state index in [2.05, 4.69) is 27.8 Å². The Hall–Kier alpha value is -2.97. The van der Waals surface area contributed by atoms with Crippen LogP contribution >= 0.6 is 0 Å². The third-order valence-electron chi connectivity index (χ3n) is 4.92. The highest BCUT2D eigenvalue weighted by Crippen LogP contribution is 2.33. The Labute approximate surface area is 157 Å². The van der Waals surface area contributed by atoms with Crippen LogP contribution in [0.4, 0.5) is 4.79 Å². The number of nitrogens with zero attached hydrogens (tertiary/aromatic N) is 5. The molecule has 3 amide bonds. The highest BCUT2D eigenvalue weighted by atomic mass is 16.5. The Morgan fingerprint density at radius 1 is 1.19 bits per heavy atom. The molecule has 1 N–H and O–H groups in total. The van der Waals surface area contributed by atoms with E-state index in [1.54, 1.807) is 36.1 Å². The number of hydrogen-bond acceptors (Lipinski definition) is 6. The standard InChI is InChI=1S/C18H24N6O3/c1-4-6-11-24-15(20-21-22-24)12-23-16(25)18(5-2,19-17(23)26)13-7-9-14(27-3)10-8-13/h7-10H,4-6,11-12H2,1-3H3,(H,19,26)/t18-/m1/s1. The number of benzene rings is 1. The predicted octanol–water partition coefficient (Wildman–Crippen LogP) is 1.84. The van der Waals surface area contributed by atoms with E-state index in [1.165, 1.54) is 4.90 Å². The minimum atomic E-state index is -1.09. The van der Waals surface area contributed by atoms with Crippen LogP contribution in [-0.2, 0) is 23.4 Å². The monoisotopic (exact) mass is 372 g/mol. The largest absolute Gasteiger partial charge is 0.497 e. The number of tetrazole rings is 1. The van der Waals surface area contributed by atoms with E-state index >= 15 is 0 Å². The molecule has 144 valence electrons. The fourth-order valence-electron chi connectivity index (χ4n) is 3.24. The molecule has 0 bridgehead atoms. The zero-order chi connectivity index (χ0) is 19.4. The third-order valence-corrected chi connectivity index (χ3v) is 4.92. The van der Waals surface area contributed by atoms with Gasteiger partial charge < -0.3 is 10.1 Å². The van der Waals surface area contributed by atoms with Crippen LogP contribution in [-0.4, -0.2) is 44.2 Å². The smallest absolute Gasteiger partial charge is 0.325 e. The molecule has 0 saturated carbocycles. The topological polar surface area (TPSA) is 102 Å². The molecule has 1 atom stereocenters. The normalized spacial score (nSPS) is 19.4. The van der Waals surface area contributed by atoms with Gasteiger partial charge in [-0.25, -0.2) is 9.48 Å². The van der Waals surface area contributed by atoms with Crippen molar-refractivity contribution in [3.8, 4) is 5.75 Å². The number of ether oxygens (including phenoxy) is 1. The van der Waals surface area contributed by atoms with Crippen molar-refractivity contribution >= 4 is 11.9 Å². The number of hydrogen-bond donors (Lipinski definition) is 1. The summed E-state index contributed by atoms with van der Waals surface area (Å²) in [6.07, 6.45) is 2.35. The summed E-state index contributed by atoms with van der Waals surface area (Å²) >= 11 is 0. The number of aromatic nitrogens is 4. The number of carbonyl (C=O) groups excluding carboxylic acids is 2. The summed E-state index contributed by atoms with van der Waals surface area (Å²) in [5, 5.41) is 14.5. The Morgan fingerprint density at radius 2 is 1.93 bits per heavy atom. The number of amides is 3. The van der Waals surface area contributed by atoms with E-state index in [0.717, 1.165) is 18.4 Å². The fraction of sp³-hybridized carbons (Fsp3) is 0.500. The molecule has 3 rings (SSSR count). The number of urea groups is 1. The van der Waals surface area contributed by atoms with E-state index in [1.807, 2.05) is 6.92 Å². The van der Waals surface area contributed by atoms with Gasteiger partial charge in [0.05, 0.1) is 13.7 Å². The van der Waals surface area contributed by atoms with Gasteiger partial charge >= 0.3 is 6.03 Å². The highest BCUT2D eigenvalue weighted by Gasteiger charge is 2.51. The first-order valence-electron chi connectivity index (χ1n) is 9.09. The summed E-state index contributed by atoms with van der Waals surface area (Å²) < 4.78 is 6.82. The third kappa shape index (κ3) is 3.36. The van der Waals surface area contributed by atoms with E-state index in [0.29, 0.717) is 24.5 Å². The fourth-order valence-corrected chi connectivity index (χ4v) is 3.24. The van der Waals surface area contributed by atoms with Gasteiger partial charge in [0, 0.05) is 6.54 Å². The number of nitrogens with one attached hydrogen (secondary N) is 1. The minimum absolute atomic E-state index is 0.0410. The molecule has 1 aromatic carbocycles. The number of carbonyl (C=O) groups is 2. The molecule has 0 aliphatic carbocycles. The molecule has 9 heteroatoms. The summed E-state index contributed by atoms with van der Waals surface area (Å²) in [6, 6.07) is 6.72. The van der Waals surface area contributed by atoms with Gasteiger partial charge in [0.1, 0.15) is 11.3 Å². The van der Waals surface area contributed by atoms with Gasteiger partial charge in [0.15, 0.2) is 5.82 Å². The average Bonchev–Trinajstić information content (AvgIpc) is 3.24. The van der Waals surface area contributed by atoms with E-state index in [-0.39, 0.29) is 12.5 Å². The number of imide groups is 1. The summed E-state index contributed by atoms with van der Waals surface area (Å²) in [4.78, 5) is 27.0. The number of unbranched alkanes of at least 4 members (excludes halogenated alkanes) is 1. The zero-order valence-corrected chi connectivity index (χ0v) is 15.8. The SMILES string of the molecule is CCCCn1nnnc1CN1C(=O)N[C@](CC)(c2ccc(OC)cc2)C1=O. The van der Waals surface area contributed by atoms with Crippen molar-refractivity contribution in [2.24, 2.45) is 0 Å². The Kier molecular flexibility index (Phi) is 5.38. The lowest BCUT2D eigenvalue weighted by atomic mass is 9.87. The van der Waals surface area contributed by atoms with Gasteiger partial charge in [-0.1, -0.05) is 32.4 Å². The van der Waals surface area contributed by atoms with Crippen molar-refractivity contribution in [1.82, 2.24) is 30.4 Å². The molecule has 1 aliphatic heterocycles. The van der Waals surface area contributed by atoms with Crippen LogP contribution in [0.3, 0.4) is 0 Å². The highest BCUT2D eigenvalue weighted by molar-refractivity contribution is 6.07. The summed E-state index contributed by atoms with van der Waals surface area (Å²) in [7, 11) is 1.58. The van der Waals surface area contributed by atoms with Gasteiger partial charge in [-0.15, -0.1) is 5.10 Å². The molecular weight excluding hydrogens is 348 g/mol. The number of rotatable bonds is 8. The van der Waals surface area contributed by atoms with Crippen molar-refractivity contribution in [1.29, 1.82) is 0 Å². The minimum Gasteiger partial charge on any atom is -0.497 e. The molecule has 27 heavy (non-hydrogen) atoms. The lowest BCUT2D eigenvalue weighted by molar-refractivity contribution is -0.132. The molecule has 0 radical (unpaired) electrons.